The third-order valence-corrected chi connectivity index (χ3v) is 5.37. The van der Waals surface area contributed by atoms with Crippen LogP contribution in [0.25, 0.3) is 0 Å². The molecule has 2 N–H and O–H groups in total. The van der Waals surface area contributed by atoms with E-state index >= 15 is 0 Å². The minimum Gasteiger partial charge on any atom is -0.379 e. The van der Waals surface area contributed by atoms with E-state index in [0.29, 0.717) is 31.1 Å². The molecule has 0 aromatic carbocycles. The van der Waals surface area contributed by atoms with Crippen molar-refractivity contribution in [2.24, 2.45) is 0 Å². The SMILES string of the molecule is CCNCc1cc(S(=O)(=O)NC2(C)CCOC2)cn1CC. The maximum Gasteiger partial charge on any atom is 0.242 e. The second-order valence-electron chi connectivity index (χ2n) is 5.70. The van der Waals surface area contributed by atoms with Crippen LogP contribution in [0.5, 0.6) is 0 Å². The highest BCUT2D eigenvalue weighted by atomic mass is 32.2. The molecule has 0 radical (unpaired) electrons. The molecule has 7 heteroatoms. The lowest BCUT2D eigenvalue weighted by atomic mass is 10.0. The zero-order chi connectivity index (χ0) is 15.5. The van der Waals surface area contributed by atoms with Crippen molar-refractivity contribution in [2.75, 3.05) is 19.8 Å². The monoisotopic (exact) mass is 315 g/mol. The van der Waals surface area contributed by atoms with Gasteiger partial charge in [-0.2, -0.15) is 0 Å². The van der Waals surface area contributed by atoms with Crippen LogP contribution in [0.4, 0.5) is 0 Å². The van der Waals surface area contributed by atoms with Gasteiger partial charge in [-0.1, -0.05) is 6.92 Å². The highest BCUT2D eigenvalue weighted by molar-refractivity contribution is 7.89. The highest BCUT2D eigenvalue weighted by Crippen LogP contribution is 2.22. The number of hydrogen-bond acceptors (Lipinski definition) is 4. The molecular formula is C14H25N3O3S. The summed E-state index contributed by atoms with van der Waals surface area (Å²) in [7, 11) is -3.52. The highest BCUT2D eigenvalue weighted by Gasteiger charge is 2.35. The Morgan fingerprint density at radius 1 is 1.43 bits per heavy atom. The molecule has 1 aliphatic heterocycles. The van der Waals surface area contributed by atoms with Gasteiger partial charge in [-0.15, -0.1) is 0 Å². The predicted molar refractivity (Wildman–Crippen MR) is 81.6 cm³/mol. The molecule has 0 saturated carbocycles. The Bertz CT molecular complexity index is 574. The quantitative estimate of drug-likeness (QED) is 0.789. The van der Waals surface area contributed by atoms with Crippen molar-refractivity contribution in [3.8, 4) is 0 Å². The first-order valence-electron chi connectivity index (χ1n) is 7.41. The fraction of sp³-hybridized carbons (Fsp3) is 0.714. The van der Waals surface area contributed by atoms with Crippen molar-refractivity contribution in [1.29, 1.82) is 0 Å². The van der Waals surface area contributed by atoms with Gasteiger partial charge in [-0.25, -0.2) is 13.1 Å². The molecule has 1 saturated heterocycles. The minimum absolute atomic E-state index is 0.324. The van der Waals surface area contributed by atoms with Crippen LogP contribution in [0.3, 0.4) is 0 Å². The number of aryl methyl sites for hydroxylation is 1. The lowest BCUT2D eigenvalue weighted by Gasteiger charge is -2.22. The summed E-state index contributed by atoms with van der Waals surface area (Å²) < 4.78 is 35.1. The molecule has 1 aromatic heterocycles. The lowest BCUT2D eigenvalue weighted by Crippen LogP contribution is -2.46. The van der Waals surface area contributed by atoms with Crippen LogP contribution in [0.1, 0.15) is 32.9 Å². The molecule has 1 aliphatic rings. The number of sulfonamides is 1. The third-order valence-electron chi connectivity index (χ3n) is 3.77. The lowest BCUT2D eigenvalue weighted by molar-refractivity contribution is 0.178. The van der Waals surface area contributed by atoms with Crippen LogP contribution in [0.15, 0.2) is 17.2 Å². The maximum atomic E-state index is 12.5. The zero-order valence-electron chi connectivity index (χ0n) is 13.0. The minimum atomic E-state index is -3.52. The number of ether oxygens (including phenoxy) is 1. The van der Waals surface area contributed by atoms with Crippen molar-refractivity contribution >= 4 is 10.0 Å². The van der Waals surface area contributed by atoms with Gasteiger partial charge in [0.05, 0.1) is 17.0 Å². The molecule has 1 aromatic rings. The summed E-state index contributed by atoms with van der Waals surface area (Å²) in [5.74, 6) is 0. The first-order valence-corrected chi connectivity index (χ1v) is 8.90. The normalized spacial score (nSPS) is 22.8. The third kappa shape index (κ3) is 3.85. The molecule has 1 atom stereocenters. The van der Waals surface area contributed by atoms with E-state index in [4.69, 9.17) is 4.74 Å². The van der Waals surface area contributed by atoms with E-state index in [1.807, 2.05) is 25.3 Å². The van der Waals surface area contributed by atoms with Gasteiger partial charge in [0.15, 0.2) is 0 Å². The zero-order valence-corrected chi connectivity index (χ0v) is 13.8. The van der Waals surface area contributed by atoms with Gasteiger partial charge in [0, 0.05) is 31.6 Å². The molecule has 0 aliphatic carbocycles. The fourth-order valence-corrected chi connectivity index (χ4v) is 3.98. The average molecular weight is 315 g/mol. The molecule has 1 fully saturated rings. The Labute approximate surface area is 126 Å². The summed E-state index contributed by atoms with van der Waals surface area (Å²) in [6.45, 7) is 9.20. The van der Waals surface area contributed by atoms with E-state index in [2.05, 4.69) is 10.0 Å². The molecule has 2 rings (SSSR count). The maximum absolute atomic E-state index is 12.5. The summed E-state index contributed by atoms with van der Waals surface area (Å²) in [4.78, 5) is 0.324. The molecule has 120 valence electrons. The van der Waals surface area contributed by atoms with Gasteiger partial charge in [-0.05, 0) is 32.9 Å². The first-order chi connectivity index (χ1) is 9.90. The Morgan fingerprint density at radius 2 is 2.19 bits per heavy atom. The van der Waals surface area contributed by atoms with Gasteiger partial charge in [0.25, 0.3) is 0 Å². The topological polar surface area (TPSA) is 72.4 Å². The van der Waals surface area contributed by atoms with Crippen LogP contribution < -0.4 is 10.0 Å². The van der Waals surface area contributed by atoms with E-state index in [1.165, 1.54) is 0 Å². The Kier molecular flexibility index (Phi) is 5.08. The van der Waals surface area contributed by atoms with E-state index in [-0.39, 0.29) is 0 Å². The van der Waals surface area contributed by atoms with E-state index in [9.17, 15) is 8.42 Å². The molecule has 1 unspecified atom stereocenters. The van der Waals surface area contributed by atoms with Crippen molar-refractivity contribution in [3.05, 3.63) is 18.0 Å². The van der Waals surface area contributed by atoms with Gasteiger partial charge in [-0.3, -0.25) is 0 Å². The van der Waals surface area contributed by atoms with Crippen LogP contribution in [-0.2, 0) is 27.8 Å². The first kappa shape index (κ1) is 16.5. The van der Waals surface area contributed by atoms with Gasteiger partial charge < -0.3 is 14.6 Å². The predicted octanol–water partition coefficient (Wildman–Crippen LogP) is 1.07. The van der Waals surface area contributed by atoms with Crippen molar-refractivity contribution in [3.63, 3.8) is 0 Å². The average Bonchev–Trinajstić information content (AvgIpc) is 3.02. The van der Waals surface area contributed by atoms with Gasteiger partial charge in [0.1, 0.15) is 0 Å². The van der Waals surface area contributed by atoms with Crippen LogP contribution in [-0.4, -0.2) is 38.3 Å². The van der Waals surface area contributed by atoms with E-state index in [1.54, 1.807) is 12.3 Å². The second-order valence-corrected chi connectivity index (χ2v) is 7.38. The molecular weight excluding hydrogens is 290 g/mol. The number of aromatic nitrogens is 1. The summed E-state index contributed by atoms with van der Waals surface area (Å²) in [6, 6.07) is 1.74. The summed E-state index contributed by atoms with van der Waals surface area (Å²) in [5.41, 5.74) is 0.474. The molecule has 0 spiro atoms. The molecule has 6 nitrogen and oxygen atoms in total. The van der Waals surface area contributed by atoms with Crippen LogP contribution >= 0.6 is 0 Å². The summed E-state index contributed by atoms with van der Waals surface area (Å²) >= 11 is 0. The number of nitrogens with one attached hydrogen (secondary N) is 2. The standard InChI is InChI=1S/C14H25N3O3S/c1-4-15-9-12-8-13(10-17(12)5-2)21(18,19)16-14(3)6-7-20-11-14/h8,10,15-16H,4-7,9,11H2,1-3H3. The van der Waals surface area contributed by atoms with E-state index in [0.717, 1.165) is 18.8 Å². The van der Waals surface area contributed by atoms with Crippen molar-refractivity contribution in [1.82, 2.24) is 14.6 Å². The van der Waals surface area contributed by atoms with Crippen molar-refractivity contribution < 1.29 is 13.2 Å². The number of hydrogen-bond donors (Lipinski definition) is 2. The molecule has 2 heterocycles. The van der Waals surface area contributed by atoms with Crippen molar-refractivity contribution in [2.45, 2.75) is 50.7 Å². The fourth-order valence-electron chi connectivity index (χ4n) is 2.50. The Morgan fingerprint density at radius 3 is 2.76 bits per heavy atom. The second kappa shape index (κ2) is 6.48. The molecule has 0 amide bonds. The smallest absolute Gasteiger partial charge is 0.242 e. The van der Waals surface area contributed by atoms with Gasteiger partial charge in [0.2, 0.25) is 10.0 Å². The van der Waals surface area contributed by atoms with Crippen LogP contribution in [0, 0.1) is 0 Å². The molecule has 0 bridgehead atoms. The Hall–Kier alpha value is -0.890. The largest absolute Gasteiger partial charge is 0.379 e. The summed E-state index contributed by atoms with van der Waals surface area (Å²) in [6.07, 6.45) is 2.40. The molecule has 21 heavy (non-hydrogen) atoms. The number of rotatable bonds is 7. The number of nitrogens with zero attached hydrogens (tertiary/aromatic N) is 1. The van der Waals surface area contributed by atoms with Crippen LogP contribution in [0.2, 0.25) is 0 Å². The Balaban J connectivity index is 2.21. The van der Waals surface area contributed by atoms with Gasteiger partial charge >= 0.3 is 0 Å². The summed E-state index contributed by atoms with van der Waals surface area (Å²) in [5, 5.41) is 3.23. The van der Waals surface area contributed by atoms with E-state index < -0.39 is 15.6 Å².